The summed E-state index contributed by atoms with van der Waals surface area (Å²) >= 11 is 0. The highest BCUT2D eigenvalue weighted by atomic mass is 19.1. The molecule has 0 unspecified atom stereocenters. The van der Waals surface area contributed by atoms with Gasteiger partial charge in [-0.3, -0.25) is 4.79 Å². The molecule has 2 aromatic heterocycles. The maximum absolute atomic E-state index is 14.9. The van der Waals surface area contributed by atoms with Crippen LogP contribution < -0.4 is 10.5 Å². The van der Waals surface area contributed by atoms with E-state index in [4.69, 9.17) is 0 Å². The molecule has 1 saturated heterocycles. The minimum absolute atomic E-state index is 0.0934. The van der Waals surface area contributed by atoms with Gasteiger partial charge in [0.15, 0.2) is 11.6 Å². The molecule has 1 fully saturated rings. The van der Waals surface area contributed by atoms with Crippen molar-refractivity contribution in [1.29, 1.82) is 0 Å². The van der Waals surface area contributed by atoms with E-state index in [1.165, 1.54) is 6.33 Å². The van der Waals surface area contributed by atoms with E-state index in [0.717, 1.165) is 31.5 Å². The molecule has 150 valence electrons. The van der Waals surface area contributed by atoms with Crippen molar-refractivity contribution < 1.29 is 4.39 Å². The number of piperidine rings is 1. The third-order valence-corrected chi connectivity index (χ3v) is 6.32. The molecule has 4 rings (SSSR count). The van der Waals surface area contributed by atoms with Gasteiger partial charge in [0.2, 0.25) is 0 Å². The molecule has 3 atom stereocenters. The Labute approximate surface area is 165 Å². The lowest BCUT2D eigenvalue weighted by Crippen LogP contribution is -2.50. The Morgan fingerprint density at radius 1 is 1.25 bits per heavy atom. The molecular formula is C22H29FN4O. The second-order valence-electron chi connectivity index (χ2n) is 8.61. The summed E-state index contributed by atoms with van der Waals surface area (Å²) in [5, 5.41) is 0. The molecule has 0 spiro atoms. The Morgan fingerprint density at radius 2 is 2.07 bits per heavy atom. The number of aryl methyl sites for hydroxylation is 1. The zero-order valence-electron chi connectivity index (χ0n) is 16.9. The van der Waals surface area contributed by atoms with Crippen molar-refractivity contribution >= 4 is 5.82 Å². The van der Waals surface area contributed by atoms with Gasteiger partial charge < -0.3 is 9.47 Å². The van der Waals surface area contributed by atoms with Crippen LogP contribution in [0.4, 0.5) is 10.2 Å². The van der Waals surface area contributed by atoms with Crippen molar-refractivity contribution in [2.75, 3.05) is 18.0 Å². The van der Waals surface area contributed by atoms with Crippen LogP contribution in [0.1, 0.15) is 63.4 Å². The minimum atomic E-state index is -0.297. The highest BCUT2D eigenvalue weighted by molar-refractivity contribution is 5.43. The summed E-state index contributed by atoms with van der Waals surface area (Å²) in [4.78, 5) is 23.1. The van der Waals surface area contributed by atoms with E-state index in [1.54, 1.807) is 6.07 Å². The second kappa shape index (κ2) is 7.64. The van der Waals surface area contributed by atoms with E-state index in [0.29, 0.717) is 36.3 Å². The van der Waals surface area contributed by atoms with Crippen molar-refractivity contribution in [3.8, 4) is 0 Å². The van der Waals surface area contributed by atoms with Crippen molar-refractivity contribution in [1.82, 2.24) is 14.5 Å². The average Bonchev–Trinajstić information content (AvgIpc) is 2.68. The molecule has 0 N–H and O–H groups in total. The lowest BCUT2D eigenvalue weighted by Gasteiger charge is -2.47. The molecule has 4 heterocycles. The Balaban J connectivity index is 1.72. The molecular weight excluding hydrogens is 355 g/mol. The van der Waals surface area contributed by atoms with Gasteiger partial charge in [-0.15, -0.1) is 0 Å². The smallest absolute Gasteiger partial charge is 0.250 e. The quantitative estimate of drug-likeness (QED) is 0.783. The number of nitrogens with zero attached hydrogens (tertiary/aromatic N) is 4. The molecule has 2 aliphatic heterocycles. The third kappa shape index (κ3) is 3.33. The molecule has 2 bridgehead atoms. The van der Waals surface area contributed by atoms with Gasteiger partial charge in [0.1, 0.15) is 6.33 Å². The number of halogens is 1. The summed E-state index contributed by atoms with van der Waals surface area (Å²) in [6.07, 6.45) is 5.13. The van der Waals surface area contributed by atoms with Crippen LogP contribution in [-0.2, 0) is 6.42 Å². The standard InChI is InChI=1S/C22H29FN4O/c1-4-17-21(23)22(25-13-24-17)26-11-15-10-16(12-26)19(9-8-14(2)3)27-18(15)6-5-7-20(27)28/h5-7,13-16,19H,4,8-12H2,1-3H3/t15-,16+,19+/m1/s1. The SMILES string of the molecule is CCc1ncnc(N2C[C@H]3C[C@@H](C2)[C@H](CCC(C)C)n2c3cccc2=O)c1F. The van der Waals surface area contributed by atoms with Crippen LogP contribution in [-0.4, -0.2) is 27.6 Å². The normalized spacial score (nSPS) is 23.8. The highest BCUT2D eigenvalue weighted by Crippen LogP contribution is 2.44. The lowest BCUT2D eigenvalue weighted by atomic mass is 9.76. The fourth-order valence-corrected chi connectivity index (χ4v) is 4.95. The number of anilines is 1. The average molecular weight is 384 g/mol. The van der Waals surface area contributed by atoms with Gasteiger partial charge in [0.25, 0.3) is 5.56 Å². The van der Waals surface area contributed by atoms with Crippen LogP contribution in [0.2, 0.25) is 0 Å². The number of aromatic nitrogens is 3. The first-order valence-electron chi connectivity index (χ1n) is 10.4. The fraction of sp³-hybridized carbons (Fsp3) is 0.591. The van der Waals surface area contributed by atoms with Crippen LogP contribution in [0, 0.1) is 17.7 Å². The lowest BCUT2D eigenvalue weighted by molar-refractivity contribution is 0.194. The van der Waals surface area contributed by atoms with E-state index in [2.05, 4.69) is 34.8 Å². The summed E-state index contributed by atoms with van der Waals surface area (Å²) in [5.74, 6) is 1.25. The highest BCUT2D eigenvalue weighted by Gasteiger charge is 2.41. The first-order valence-corrected chi connectivity index (χ1v) is 10.4. The summed E-state index contributed by atoms with van der Waals surface area (Å²) < 4.78 is 17.0. The number of pyridine rings is 1. The Hall–Kier alpha value is -2.24. The molecule has 0 aromatic carbocycles. The summed E-state index contributed by atoms with van der Waals surface area (Å²) in [6.45, 7) is 7.77. The van der Waals surface area contributed by atoms with Gasteiger partial charge >= 0.3 is 0 Å². The molecule has 0 aliphatic carbocycles. The van der Waals surface area contributed by atoms with E-state index in [9.17, 15) is 9.18 Å². The third-order valence-electron chi connectivity index (χ3n) is 6.32. The van der Waals surface area contributed by atoms with Crippen molar-refractivity contribution in [3.63, 3.8) is 0 Å². The van der Waals surface area contributed by atoms with E-state index >= 15 is 0 Å². The van der Waals surface area contributed by atoms with Gasteiger partial charge in [-0.25, -0.2) is 14.4 Å². The first kappa shape index (κ1) is 19.1. The van der Waals surface area contributed by atoms with Crippen molar-refractivity contribution in [2.24, 2.45) is 11.8 Å². The Bertz CT molecular complexity index is 910. The number of rotatable bonds is 5. The minimum Gasteiger partial charge on any atom is -0.353 e. The molecule has 2 aliphatic rings. The molecule has 0 saturated carbocycles. The summed E-state index contributed by atoms with van der Waals surface area (Å²) in [7, 11) is 0. The van der Waals surface area contributed by atoms with Crippen LogP contribution in [0.5, 0.6) is 0 Å². The molecule has 2 aromatic rings. The molecule has 5 nitrogen and oxygen atoms in total. The molecule has 28 heavy (non-hydrogen) atoms. The monoisotopic (exact) mass is 384 g/mol. The molecule has 0 radical (unpaired) electrons. The predicted octanol–water partition coefficient (Wildman–Crippen LogP) is 3.94. The van der Waals surface area contributed by atoms with Crippen molar-refractivity contribution in [2.45, 2.75) is 58.4 Å². The molecule has 6 heteroatoms. The summed E-state index contributed by atoms with van der Waals surface area (Å²) in [5.41, 5.74) is 1.65. The topological polar surface area (TPSA) is 51.0 Å². The first-order chi connectivity index (χ1) is 13.5. The van der Waals surface area contributed by atoms with Gasteiger partial charge in [-0.05, 0) is 43.6 Å². The van der Waals surface area contributed by atoms with E-state index < -0.39 is 0 Å². The van der Waals surface area contributed by atoms with Crippen LogP contribution in [0.15, 0.2) is 29.3 Å². The van der Waals surface area contributed by atoms with E-state index in [-0.39, 0.29) is 23.3 Å². The van der Waals surface area contributed by atoms with Crippen LogP contribution in [0.3, 0.4) is 0 Å². The zero-order chi connectivity index (χ0) is 19.8. The zero-order valence-corrected chi connectivity index (χ0v) is 16.9. The largest absolute Gasteiger partial charge is 0.353 e. The number of hydrogen-bond donors (Lipinski definition) is 0. The van der Waals surface area contributed by atoms with Gasteiger partial charge in [-0.2, -0.15) is 0 Å². The van der Waals surface area contributed by atoms with Crippen LogP contribution in [0.25, 0.3) is 0 Å². The second-order valence-corrected chi connectivity index (χ2v) is 8.61. The maximum atomic E-state index is 14.9. The van der Waals surface area contributed by atoms with Crippen molar-refractivity contribution in [3.05, 3.63) is 52.1 Å². The van der Waals surface area contributed by atoms with Gasteiger partial charge in [-0.1, -0.05) is 26.8 Å². The number of fused-ring (bicyclic) bond motifs is 4. The summed E-state index contributed by atoms with van der Waals surface area (Å²) in [6, 6.07) is 5.76. The van der Waals surface area contributed by atoms with Gasteiger partial charge in [0, 0.05) is 36.8 Å². The van der Waals surface area contributed by atoms with Crippen LogP contribution >= 0.6 is 0 Å². The Kier molecular flexibility index (Phi) is 5.21. The Morgan fingerprint density at radius 3 is 2.82 bits per heavy atom. The maximum Gasteiger partial charge on any atom is 0.250 e. The fourth-order valence-electron chi connectivity index (χ4n) is 4.95. The van der Waals surface area contributed by atoms with E-state index in [1.807, 2.05) is 17.6 Å². The predicted molar refractivity (Wildman–Crippen MR) is 108 cm³/mol. The van der Waals surface area contributed by atoms with Gasteiger partial charge in [0.05, 0.1) is 5.69 Å². The molecule has 0 amide bonds. The number of hydrogen-bond acceptors (Lipinski definition) is 4.